The first-order chi connectivity index (χ1) is 10.1. The molecular weight excluding hydrogens is 256 g/mol. The van der Waals surface area contributed by atoms with E-state index < -0.39 is 0 Å². The van der Waals surface area contributed by atoms with Gasteiger partial charge in [0.05, 0.1) is 0 Å². The van der Waals surface area contributed by atoms with E-state index in [4.69, 9.17) is 5.84 Å². The lowest BCUT2D eigenvalue weighted by Crippen LogP contribution is -2.37. The molecule has 0 fully saturated rings. The largest absolute Gasteiger partial charge is 0.271 e. The number of nitrogens with two attached hydrogens (primary N) is 1. The molecule has 2 rings (SSSR count). The molecular formula is C19H26N2. The van der Waals surface area contributed by atoms with Gasteiger partial charge in [-0.1, -0.05) is 48.0 Å². The molecule has 112 valence electrons. The van der Waals surface area contributed by atoms with Gasteiger partial charge in [-0.25, -0.2) is 0 Å². The van der Waals surface area contributed by atoms with Crippen molar-refractivity contribution in [2.45, 2.75) is 46.1 Å². The van der Waals surface area contributed by atoms with Crippen LogP contribution < -0.4 is 11.3 Å². The highest BCUT2D eigenvalue weighted by molar-refractivity contribution is 5.31. The number of hydrazine groups is 1. The van der Waals surface area contributed by atoms with Crippen molar-refractivity contribution in [2.24, 2.45) is 5.84 Å². The Hall–Kier alpha value is -1.64. The molecule has 0 aliphatic heterocycles. The summed E-state index contributed by atoms with van der Waals surface area (Å²) in [5.74, 6) is 5.76. The summed E-state index contributed by atoms with van der Waals surface area (Å²) in [6, 6.07) is 15.5. The molecule has 2 nitrogen and oxygen atoms in total. The van der Waals surface area contributed by atoms with Crippen LogP contribution in [0.25, 0.3) is 0 Å². The highest BCUT2D eigenvalue weighted by Crippen LogP contribution is 2.16. The Morgan fingerprint density at radius 1 is 0.952 bits per heavy atom. The quantitative estimate of drug-likeness (QED) is 0.627. The Morgan fingerprint density at radius 2 is 1.67 bits per heavy atom. The third-order valence-electron chi connectivity index (χ3n) is 4.23. The Bertz CT molecular complexity index is 590. The second-order valence-corrected chi connectivity index (χ2v) is 5.96. The van der Waals surface area contributed by atoms with Gasteiger partial charge in [0, 0.05) is 6.04 Å². The number of rotatable bonds is 6. The first kappa shape index (κ1) is 15.7. The van der Waals surface area contributed by atoms with E-state index in [1.807, 2.05) is 0 Å². The molecule has 2 heteroatoms. The summed E-state index contributed by atoms with van der Waals surface area (Å²) in [5.41, 5.74) is 9.81. The topological polar surface area (TPSA) is 38.0 Å². The van der Waals surface area contributed by atoms with E-state index >= 15 is 0 Å². The summed E-state index contributed by atoms with van der Waals surface area (Å²) in [7, 11) is 0. The number of nitrogens with one attached hydrogen (secondary N) is 1. The molecule has 0 heterocycles. The summed E-state index contributed by atoms with van der Waals surface area (Å²) in [6.07, 6.45) is 3.09. The van der Waals surface area contributed by atoms with E-state index in [-0.39, 0.29) is 0 Å². The zero-order valence-electron chi connectivity index (χ0n) is 13.3. The first-order valence-electron chi connectivity index (χ1n) is 7.67. The lowest BCUT2D eigenvalue weighted by Gasteiger charge is -2.18. The molecule has 0 radical (unpaired) electrons. The molecule has 0 bridgehead atoms. The van der Waals surface area contributed by atoms with Gasteiger partial charge in [0.25, 0.3) is 0 Å². The van der Waals surface area contributed by atoms with Crippen molar-refractivity contribution in [3.8, 4) is 0 Å². The summed E-state index contributed by atoms with van der Waals surface area (Å²) in [5, 5.41) is 0. The molecule has 0 amide bonds. The maximum absolute atomic E-state index is 5.76. The molecule has 0 saturated carbocycles. The van der Waals surface area contributed by atoms with Crippen LogP contribution >= 0.6 is 0 Å². The zero-order chi connectivity index (χ0) is 15.2. The molecule has 3 N–H and O–H groups in total. The van der Waals surface area contributed by atoms with Gasteiger partial charge in [-0.3, -0.25) is 11.3 Å². The van der Waals surface area contributed by atoms with Gasteiger partial charge in [0.15, 0.2) is 0 Å². The van der Waals surface area contributed by atoms with Crippen LogP contribution in [0.15, 0.2) is 42.5 Å². The van der Waals surface area contributed by atoms with E-state index in [1.54, 1.807) is 0 Å². The minimum atomic E-state index is 0.310. The van der Waals surface area contributed by atoms with Crippen molar-refractivity contribution in [3.05, 3.63) is 70.3 Å². The summed E-state index contributed by atoms with van der Waals surface area (Å²) >= 11 is 0. The van der Waals surface area contributed by atoms with Gasteiger partial charge in [0.2, 0.25) is 0 Å². The van der Waals surface area contributed by atoms with Gasteiger partial charge in [-0.05, 0) is 62.3 Å². The van der Waals surface area contributed by atoms with Gasteiger partial charge in [-0.15, -0.1) is 0 Å². The van der Waals surface area contributed by atoms with Crippen LogP contribution in [-0.2, 0) is 12.8 Å². The minimum Gasteiger partial charge on any atom is -0.271 e. The second kappa shape index (κ2) is 7.39. The number of hydrogen-bond acceptors (Lipinski definition) is 2. The number of aryl methyl sites for hydroxylation is 4. The van der Waals surface area contributed by atoms with Crippen LogP contribution in [0.4, 0.5) is 0 Å². The SMILES string of the molecule is Cc1ccc(C)c(CC(CCc2ccccc2C)NN)c1. The molecule has 0 aromatic heterocycles. The van der Waals surface area contributed by atoms with Crippen LogP contribution in [0.2, 0.25) is 0 Å². The highest BCUT2D eigenvalue weighted by atomic mass is 15.2. The molecule has 2 aromatic carbocycles. The Labute approximate surface area is 128 Å². The molecule has 0 saturated heterocycles. The van der Waals surface area contributed by atoms with Crippen molar-refractivity contribution in [2.75, 3.05) is 0 Å². The fourth-order valence-corrected chi connectivity index (χ4v) is 2.75. The maximum atomic E-state index is 5.76. The van der Waals surface area contributed by atoms with E-state index in [0.29, 0.717) is 6.04 Å². The maximum Gasteiger partial charge on any atom is 0.0254 e. The Balaban J connectivity index is 2.00. The summed E-state index contributed by atoms with van der Waals surface area (Å²) in [4.78, 5) is 0. The van der Waals surface area contributed by atoms with Crippen LogP contribution in [0.3, 0.4) is 0 Å². The Morgan fingerprint density at radius 3 is 2.38 bits per heavy atom. The monoisotopic (exact) mass is 282 g/mol. The predicted octanol–water partition coefficient (Wildman–Crippen LogP) is 3.62. The second-order valence-electron chi connectivity index (χ2n) is 5.96. The summed E-state index contributed by atoms with van der Waals surface area (Å²) in [6.45, 7) is 6.48. The lowest BCUT2D eigenvalue weighted by atomic mass is 9.94. The predicted molar refractivity (Wildman–Crippen MR) is 90.2 cm³/mol. The molecule has 21 heavy (non-hydrogen) atoms. The van der Waals surface area contributed by atoms with Crippen LogP contribution in [0.1, 0.15) is 34.2 Å². The average Bonchev–Trinajstić information content (AvgIpc) is 2.48. The fraction of sp³-hybridized carbons (Fsp3) is 0.368. The van der Waals surface area contributed by atoms with Crippen molar-refractivity contribution in [3.63, 3.8) is 0 Å². The molecule has 0 aliphatic carbocycles. The lowest BCUT2D eigenvalue weighted by molar-refractivity contribution is 0.490. The molecule has 1 unspecified atom stereocenters. The van der Waals surface area contributed by atoms with E-state index in [9.17, 15) is 0 Å². The van der Waals surface area contributed by atoms with E-state index in [2.05, 4.69) is 68.7 Å². The standard InChI is InChI=1S/C19H26N2/c1-14-8-9-16(3)18(12-14)13-19(21-20)11-10-17-7-5-4-6-15(17)2/h4-9,12,19,21H,10-11,13,20H2,1-3H3. The van der Waals surface area contributed by atoms with Gasteiger partial charge >= 0.3 is 0 Å². The van der Waals surface area contributed by atoms with E-state index in [1.165, 1.54) is 27.8 Å². The summed E-state index contributed by atoms with van der Waals surface area (Å²) < 4.78 is 0. The van der Waals surface area contributed by atoms with Gasteiger partial charge in [0.1, 0.15) is 0 Å². The number of hydrogen-bond donors (Lipinski definition) is 2. The highest BCUT2D eigenvalue weighted by Gasteiger charge is 2.10. The molecule has 1 atom stereocenters. The molecule has 2 aromatic rings. The third kappa shape index (κ3) is 4.42. The van der Waals surface area contributed by atoms with E-state index in [0.717, 1.165) is 19.3 Å². The van der Waals surface area contributed by atoms with Crippen molar-refractivity contribution in [1.29, 1.82) is 0 Å². The van der Waals surface area contributed by atoms with Crippen molar-refractivity contribution < 1.29 is 0 Å². The Kier molecular flexibility index (Phi) is 5.54. The fourth-order valence-electron chi connectivity index (χ4n) is 2.75. The molecule has 0 spiro atoms. The zero-order valence-corrected chi connectivity index (χ0v) is 13.3. The van der Waals surface area contributed by atoms with Crippen LogP contribution in [-0.4, -0.2) is 6.04 Å². The normalized spacial score (nSPS) is 12.4. The van der Waals surface area contributed by atoms with Gasteiger partial charge < -0.3 is 0 Å². The molecule has 0 aliphatic rings. The smallest absolute Gasteiger partial charge is 0.0254 e. The third-order valence-corrected chi connectivity index (χ3v) is 4.23. The minimum absolute atomic E-state index is 0.310. The number of benzene rings is 2. The van der Waals surface area contributed by atoms with Crippen molar-refractivity contribution in [1.82, 2.24) is 5.43 Å². The van der Waals surface area contributed by atoms with Crippen molar-refractivity contribution >= 4 is 0 Å². The van der Waals surface area contributed by atoms with Crippen LogP contribution in [0, 0.1) is 20.8 Å². The van der Waals surface area contributed by atoms with Crippen LogP contribution in [0.5, 0.6) is 0 Å². The van der Waals surface area contributed by atoms with Gasteiger partial charge in [-0.2, -0.15) is 0 Å². The average molecular weight is 282 g/mol. The first-order valence-corrected chi connectivity index (χ1v) is 7.67.